The molecule has 1 heterocycles. The van der Waals surface area contributed by atoms with Gasteiger partial charge in [-0.15, -0.1) is 0 Å². The number of hydrogen-bond acceptors (Lipinski definition) is 4. The van der Waals surface area contributed by atoms with Gasteiger partial charge in [0.1, 0.15) is 5.75 Å². The number of hydrazone groups is 1. The van der Waals surface area contributed by atoms with Crippen LogP contribution < -0.4 is 15.7 Å². The SMILES string of the molecule is COc1ccc2cc(/C=N\NC(=O)[C@H]3C[C@@H]3c3ccccc3)c(=O)[nH]c2c1. The minimum absolute atomic E-state index is 0.0631. The molecule has 3 aromatic rings. The molecule has 1 aromatic heterocycles. The van der Waals surface area contributed by atoms with Crippen molar-refractivity contribution in [1.29, 1.82) is 0 Å². The summed E-state index contributed by atoms with van der Waals surface area (Å²) in [6, 6.07) is 17.1. The Bertz CT molecular complexity index is 1070. The summed E-state index contributed by atoms with van der Waals surface area (Å²) in [4.78, 5) is 27.2. The molecular weight excluding hydrogens is 342 g/mol. The van der Waals surface area contributed by atoms with Crippen LogP contribution in [-0.2, 0) is 4.79 Å². The number of H-pyrrole nitrogens is 1. The number of methoxy groups -OCH3 is 1. The van der Waals surface area contributed by atoms with E-state index >= 15 is 0 Å². The van der Waals surface area contributed by atoms with Crippen LogP contribution in [-0.4, -0.2) is 24.2 Å². The Morgan fingerprint density at radius 1 is 1.22 bits per heavy atom. The van der Waals surface area contributed by atoms with Crippen molar-refractivity contribution >= 4 is 23.0 Å². The van der Waals surface area contributed by atoms with E-state index in [4.69, 9.17) is 4.74 Å². The summed E-state index contributed by atoms with van der Waals surface area (Å²) in [6.07, 6.45) is 2.20. The van der Waals surface area contributed by atoms with Gasteiger partial charge in [-0.2, -0.15) is 5.10 Å². The number of rotatable bonds is 5. The minimum Gasteiger partial charge on any atom is -0.497 e. The van der Waals surface area contributed by atoms with Crippen molar-refractivity contribution in [1.82, 2.24) is 10.4 Å². The van der Waals surface area contributed by atoms with E-state index in [-0.39, 0.29) is 23.3 Å². The van der Waals surface area contributed by atoms with Crippen molar-refractivity contribution in [3.63, 3.8) is 0 Å². The molecule has 1 saturated carbocycles. The predicted octanol–water partition coefficient (Wildman–Crippen LogP) is 2.79. The molecule has 2 N–H and O–H groups in total. The first-order valence-corrected chi connectivity index (χ1v) is 8.74. The summed E-state index contributed by atoms with van der Waals surface area (Å²) < 4.78 is 5.16. The van der Waals surface area contributed by atoms with Crippen LogP contribution in [0, 0.1) is 5.92 Å². The third-order valence-corrected chi connectivity index (χ3v) is 4.82. The fraction of sp³-hybridized carbons (Fsp3) is 0.190. The second kappa shape index (κ2) is 7.07. The maximum Gasteiger partial charge on any atom is 0.257 e. The molecule has 136 valence electrons. The average molecular weight is 361 g/mol. The van der Waals surface area contributed by atoms with Crippen LogP contribution >= 0.6 is 0 Å². The fourth-order valence-corrected chi connectivity index (χ4v) is 3.22. The zero-order valence-electron chi connectivity index (χ0n) is 14.8. The molecule has 1 aliphatic rings. The molecule has 27 heavy (non-hydrogen) atoms. The minimum atomic E-state index is -0.276. The zero-order valence-corrected chi connectivity index (χ0v) is 14.8. The molecule has 0 radical (unpaired) electrons. The number of carbonyl (C=O) groups excluding carboxylic acids is 1. The molecule has 1 amide bonds. The van der Waals surface area contributed by atoms with Crippen molar-refractivity contribution in [2.45, 2.75) is 12.3 Å². The highest BCUT2D eigenvalue weighted by Gasteiger charge is 2.43. The Labute approximate surface area is 155 Å². The number of nitrogens with zero attached hydrogens (tertiary/aromatic N) is 1. The van der Waals surface area contributed by atoms with Gasteiger partial charge in [-0.3, -0.25) is 9.59 Å². The summed E-state index contributed by atoms with van der Waals surface area (Å²) in [5.41, 5.74) is 4.50. The smallest absolute Gasteiger partial charge is 0.257 e. The molecule has 6 nitrogen and oxygen atoms in total. The highest BCUT2D eigenvalue weighted by molar-refractivity contribution is 5.89. The molecule has 0 spiro atoms. The maximum atomic E-state index is 12.2. The third-order valence-electron chi connectivity index (χ3n) is 4.82. The van der Waals surface area contributed by atoms with Gasteiger partial charge in [0.15, 0.2) is 0 Å². The Kier molecular flexibility index (Phi) is 4.46. The molecular formula is C21H19N3O3. The number of aromatic amines is 1. The quantitative estimate of drug-likeness (QED) is 0.541. The molecule has 2 aromatic carbocycles. The standard InChI is InChI=1S/C21H19N3O3/c1-27-16-8-7-14-9-15(20(25)23-19(14)10-16)12-22-24-21(26)18-11-17(18)13-5-3-2-4-6-13/h2-10,12,17-18H,11H2,1H3,(H,23,25)(H,24,26)/b22-12-/t17-,18+/m1/s1. The monoisotopic (exact) mass is 361 g/mol. The molecule has 6 heteroatoms. The van der Waals surface area contributed by atoms with Crippen LogP contribution in [0.1, 0.15) is 23.5 Å². The first kappa shape index (κ1) is 17.0. The molecule has 0 saturated heterocycles. The van der Waals surface area contributed by atoms with Crippen molar-refractivity contribution < 1.29 is 9.53 Å². The van der Waals surface area contributed by atoms with E-state index in [0.29, 0.717) is 16.8 Å². The number of aromatic nitrogens is 1. The zero-order chi connectivity index (χ0) is 18.8. The molecule has 2 atom stereocenters. The number of carbonyl (C=O) groups is 1. The van der Waals surface area contributed by atoms with Crippen molar-refractivity contribution in [3.05, 3.63) is 76.1 Å². The molecule has 0 unspecified atom stereocenters. The summed E-state index contributed by atoms with van der Waals surface area (Å²) in [7, 11) is 1.57. The number of ether oxygens (including phenoxy) is 1. The fourth-order valence-electron chi connectivity index (χ4n) is 3.22. The summed E-state index contributed by atoms with van der Waals surface area (Å²) in [5, 5.41) is 4.82. The van der Waals surface area contributed by atoms with E-state index in [9.17, 15) is 9.59 Å². The topological polar surface area (TPSA) is 83.5 Å². The van der Waals surface area contributed by atoms with E-state index in [2.05, 4.69) is 15.5 Å². The van der Waals surface area contributed by atoms with E-state index in [1.165, 1.54) is 11.8 Å². The van der Waals surface area contributed by atoms with E-state index in [1.54, 1.807) is 19.2 Å². The van der Waals surface area contributed by atoms with E-state index in [0.717, 1.165) is 11.8 Å². The highest BCUT2D eigenvalue weighted by atomic mass is 16.5. The number of nitrogens with one attached hydrogen (secondary N) is 2. The van der Waals surface area contributed by atoms with Crippen LogP contribution in [0.15, 0.2) is 64.5 Å². The largest absolute Gasteiger partial charge is 0.497 e. The average Bonchev–Trinajstić information content (AvgIpc) is 3.49. The lowest BCUT2D eigenvalue weighted by molar-refractivity contribution is -0.122. The molecule has 1 aliphatic carbocycles. The van der Waals surface area contributed by atoms with Gasteiger partial charge in [0, 0.05) is 12.0 Å². The van der Waals surface area contributed by atoms with Crippen LogP contribution in [0.2, 0.25) is 0 Å². The predicted molar refractivity (Wildman–Crippen MR) is 104 cm³/mol. The number of amides is 1. The lowest BCUT2D eigenvalue weighted by Crippen LogP contribution is -2.21. The van der Waals surface area contributed by atoms with Crippen molar-refractivity contribution in [3.8, 4) is 5.75 Å². The molecule has 1 fully saturated rings. The molecule has 0 aliphatic heterocycles. The molecule has 4 rings (SSSR count). The lowest BCUT2D eigenvalue weighted by Gasteiger charge is -2.03. The second-order valence-electron chi connectivity index (χ2n) is 6.60. The maximum absolute atomic E-state index is 12.2. The second-order valence-corrected chi connectivity index (χ2v) is 6.60. The van der Waals surface area contributed by atoms with Gasteiger partial charge >= 0.3 is 0 Å². The van der Waals surface area contributed by atoms with Crippen LogP contribution in [0.5, 0.6) is 5.75 Å². The summed E-state index contributed by atoms with van der Waals surface area (Å²) in [5.74, 6) is 0.735. The summed E-state index contributed by atoms with van der Waals surface area (Å²) in [6.45, 7) is 0. The Balaban J connectivity index is 1.43. The lowest BCUT2D eigenvalue weighted by atomic mass is 10.1. The van der Waals surface area contributed by atoms with Crippen molar-refractivity contribution in [2.24, 2.45) is 11.0 Å². The first-order valence-electron chi connectivity index (χ1n) is 8.74. The van der Waals surface area contributed by atoms with Gasteiger partial charge in [-0.25, -0.2) is 5.43 Å². The van der Waals surface area contributed by atoms with Gasteiger partial charge in [0.05, 0.1) is 24.4 Å². The van der Waals surface area contributed by atoms with E-state index < -0.39 is 0 Å². The Morgan fingerprint density at radius 3 is 2.81 bits per heavy atom. The van der Waals surface area contributed by atoms with Crippen molar-refractivity contribution in [2.75, 3.05) is 7.11 Å². The third kappa shape index (κ3) is 3.60. The van der Waals surface area contributed by atoms with Gasteiger partial charge < -0.3 is 9.72 Å². The molecule has 0 bridgehead atoms. The number of hydrogen-bond donors (Lipinski definition) is 2. The van der Waals surface area contributed by atoms with Gasteiger partial charge in [-0.1, -0.05) is 30.3 Å². The Hall–Kier alpha value is -3.41. The highest BCUT2D eigenvalue weighted by Crippen LogP contribution is 2.47. The van der Waals surface area contributed by atoms with Crippen LogP contribution in [0.3, 0.4) is 0 Å². The van der Waals surface area contributed by atoms with Gasteiger partial charge in [0.2, 0.25) is 5.91 Å². The van der Waals surface area contributed by atoms with Gasteiger partial charge in [-0.05, 0) is 41.5 Å². The normalized spacial score (nSPS) is 18.6. The first-order chi connectivity index (χ1) is 13.2. The summed E-state index contributed by atoms with van der Waals surface area (Å²) >= 11 is 0. The number of pyridine rings is 1. The number of benzene rings is 2. The van der Waals surface area contributed by atoms with Crippen LogP contribution in [0.25, 0.3) is 10.9 Å². The van der Waals surface area contributed by atoms with E-state index in [1.807, 2.05) is 42.5 Å². The van der Waals surface area contributed by atoms with Crippen LogP contribution in [0.4, 0.5) is 0 Å². The number of fused-ring (bicyclic) bond motifs is 1. The van der Waals surface area contributed by atoms with Gasteiger partial charge in [0.25, 0.3) is 5.56 Å². The Morgan fingerprint density at radius 2 is 2.04 bits per heavy atom.